The van der Waals surface area contributed by atoms with Gasteiger partial charge in [0.05, 0.1) is 17.3 Å². The van der Waals surface area contributed by atoms with Gasteiger partial charge in [0.15, 0.2) is 0 Å². The lowest BCUT2D eigenvalue weighted by atomic mass is 9.85. The molecule has 1 saturated heterocycles. The van der Waals surface area contributed by atoms with Crippen LogP contribution in [0.25, 0.3) is 0 Å². The van der Waals surface area contributed by atoms with E-state index in [1.54, 1.807) is 13.0 Å². The van der Waals surface area contributed by atoms with Gasteiger partial charge in [0.25, 0.3) is 0 Å². The minimum atomic E-state index is -0.410. The van der Waals surface area contributed by atoms with E-state index in [0.717, 1.165) is 0 Å². The van der Waals surface area contributed by atoms with Gasteiger partial charge < -0.3 is 14.4 Å². The Kier molecular flexibility index (Phi) is 3.64. The summed E-state index contributed by atoms with van der Waals surface area (Å²) in [6, 6.07) is 0. The average molecular weight is 212 g/mol. The highest BCUT2D eigenvalue weighted by atomic mass is 16.7. The van der Waals surface area contributed by atoms with Crippen molar-refractivity contribution in [2.75, 3.05) is 0 Å². The maximum absolute atomic E-state index is 9.06. The van der Waals surface area contributed by atoms with Gasteiger partial charge in [-0.25, -0.2) is 0 Å². The lowest BCUT2D eigenvalue weighted by Gasteiger charge is -2.32. The third-order valence-corrected chi connectivity index (χ3v) is 3.05. The van der Waals surface area contributed by atoms with Crippen molar-refractivity contribution in [2.24, 2.45) is 0 Å². The Bertz CT molecular complexity index is 230. The molecule has 1 unspecified atom stereocenters. The zero-order chi connectivity index (χ0) is 11.7. The van der Waals surface area contributed by atoms with E-state index < -0.39 is 6.10 Å². The van der Waals surface area contributed by atoms with E-state index >= 15 is 0 Å². The van der Waals surface area contributed by atoms with Crippen LogP contribution in [0, 0.1) is 0 Å². The highest BCUT2D eigenvalue weighted by molar-refractivity contribution is 6.46. The summed E-state index contributed by atoms with van der Waals surface area (Å²) >= 11 is 0. The van der Waals surface area contributed by atoms with Gasteiger partial charge in [0, 0.05) is 6.32 Å². The van der Waals surface area contributed by atoms with Crippen LogP contribution in [0.1, 0.15) is 34.6 Å². The fourth-order valence-corrected chi connectivity index (χ4v) is 1.45. The zero-order valence-electron chi connectivity index (χ0n) is 10.3. The minimum absolute atomic E-state index is 0.204. The Morgan fingerprint density at radius 3 is 2.07 bits per heavy atom. The fourth-order valence-electron chi connectivity index (χ4n) is 1.45. The molecule has 0 spiro atoms. The minimum Gasteiger partial charge on any atom is -0.403 e. The first-order valence-corrected chi connectivity index (χ1v) is 5.45. The van der Waals surface area contributed by atoms with Crippen LogP contribution in [0.4, 0.5) is 0 Å². The van der Waals surface area contributed by atoms with Gasteiger partial charge in [0.1, 0.15) is 0 Å². The van der Waals surface area contributed by atoms with E-state index in [4.69, 9.17) is 14.4 Å². The van der Waals surface area contributed by atoms with Gasteiger partial charge in [-0.2, -0.15) is 0 Å². The van der Waals surface area contributed by atoms with E-state index in [1.165, 1.54) is 0 Å². The van der Waals surface area contributed by atoms with Gasteiger partial charge in [-0.1, -0.05) is 12.2 Å². The molecule has 1 heterocycles. The third-order valence-electron chi connectivity index (χ3n) is 3.05. The van der Waals surface area contributed by atoms with Crippen molar-refractivity contribution in [3.63, 3.8) is 0 Å². The normalized spacial score (nSPS) is 26.1. The van der Waals surface area contributed by atoms with Gasteiger partial charge in [-0.15, -0.1) is 0 Å². The third kappa shape index (κ3) is 3.07. The molecule has 4 heteroatoms. The van der Waals surface area contributed by atoms with Crippen molar-refractivity contribution in [3.8, 4) is 0 Å². The Balaban J connectivity index is 2.49. The van der Waals surface area contributed by atoms with Crippen molar-refractivity contribution < 1.29 is 14.4 Å². The quantitative estimate of drug-likeness (QED) is 0.574. The average Bonchev–Trinajstić information content (AvgIpc) is 2.19. The van der Waals surface area contributed by atoms with Crippen LogP contribution in [0.15, 0.2) is 12.2 Å². The molecule has 1 aliphatic rings. The first-order chi connectivity index (χ1) is 6.74. The fraction of sp³-hybridized carbons (Fsp3) is 0.818. The van der Waals surface area contributed by atoms with Crippen LogP contribution in [0.2, 0.25) is 6.32 Å². The molecule has 0 amide bonds. The van der Waals surface area contributed by atoms with E-state index in [2.05, 4.69) is 0 Å². The molecule has 1 rings (SSSR count). The van der Waals surface area contributed by atoms with Crippen LogP contribution in [0.3, 0.4) is 0 Å². The Morgan fingerprint density at radius 2 is 1.67 bits per heavy atom. The molecule has 3 nitrogen and oxygen atoms in total. The van der Waals surface area contributed by atoms with E-state index in [1.807, 2.05) is 33.8 Å². The van der Waals surface area contributed by atoms with Gasteiger partial charge in [-0.3, -0.25) is 0 Å². The van der Waals surface area contributed by atoms with Crippen molar-refractivity contribution in [3.05, 3.63) is 12.2 Å². The summed E-state index contributed by atoms with van der Waals surface area (Å²) in [6.07, 6.45) is 3.91. The first-order valence-electron chi connectivity index (χ1n) is 5.45. The predicted octanol–water partition coefficient (Wildman–Crippen LogP) is 2.02. The summed E-state index contributed by atoms with van der Waals surface area (Å²) in [5.41, 5.74) is -0.535. The molecule has 0 aliphatic carbocycles. The van der Waals surface area contributed by atoms with E-state index in [-0.39, 0.29) is 18.3 Å². The smallest absolute Gasteiger partial charge is 0.403 e. The highest BCUT2D eigenvalue weighted by Crippen LogP contribution is 2.37. The topological polar surface area (TPSA) is 38.7 Å². The molecule has 1 N–H and O–H groups in total. The van der Waals surface area contributed by atoms with Crippen LogP contribution in [-0.2, 0) is 9.31 Å². The molecule has 15 heavy (non-hydrogen) atoms. The predicted molar refractivity (Wildman–Crippen MR) is 61.7 cm³/mol. The second-order valence-corrected chi connectivity index (χ2v) is 5.09. The Hall–Kier alpha value is -0.315. The van der Waals surface area contributed by atoms with E-state index in [9.17, 15) is 0 Å². The summed E-state index contributed by atoms with van der Waals surface area (Å²) in [6.45, 7) is 9.86. The molecule has 0 aromatic rings. The number of rotatable bonds is 3. The Labute approximate surface area is 92.6 Å². The zero-order valence-corrected chi connectivity index (χ0v) is 10.3. The maximum atomic E-state index is 9.06. The molecule has 0 radical (unpaired) electrons. The first kappa shape index (κ1) is 12.8. The maximum Gasteiger partial charge on any atom is 0.461 e. The van der Waals surface area contributed by atoms with Gasteiger partial charge in [0.2, 0.25) is 0 Å². The standard InChI is InChI=1S/C11H21BO3/c1-9(13)7-6-8-12-14-10(2,3)11(4,5)15-12/h6-7,9,13H,8H2,1-5H3/b7-6+. The van der Waals surface area contributed by atoms with Crippen molar-refractivity contribution in [2.45, 2.75) is 58.2 Å². The van der Waals surface area contributed by atoms with Crippen molar-refractivity contribution in [1.82, 2.24) is 0 Å². The molecule has 1 aliphatic heterocycles. The lowest BCUT2D eigenvalue weighted by Crippen LogP contribution is -2.41. The van der Waals surface area contributed by atoms with Gasteiger partial charge in [-0.05, 0) is 34.6 Å². The van der Waals surface area contributed by atoms with Crippen molar-refractivity contribution in [1.29, 1.82) is 0 Å². The van der Waals surface area contributed by atoms with E-state index in [0.29, 0.717) is 6.32 Å². The second-order valence-electron chi connectivity index (χ2n) is 5.09. The number of aliphatic hydroxyl groups is 1. The second kappa shape index (κ2) is 4.28. The number of hydrogen-bond donors (Lipinski definition) is 1. The molecule has 1 fully saturated rings. The summed E-state index contributed by atoms with van der Waals surface area (Å²) in [5.74, 6) is 0. The SMILES string of the molecule is CC(O)/C=C/CB1OC(C)(C)C(C)(C)O1. The molecule has 0 saturated carbocycles. The van der Waals surface area contributed by atoms with Crippen molar-refractivity contribution >= 4 is 7.12 Å². The van der Waals surface area contributed by atoms with Crippen LogP contribution in [-0.4, -0.2) is 29.5 Å². The van der Waals surface area contributed by atoms with Gasteiger partial charge >= 0.3 is 7.12 Å². The summed E-state index contributed by atoms with van der Waals surface area (Å²) in [7, 11) is -0.204. The summed E-state index contributed by atoms with van der Waals surface area (Å²) in [5, 5.41) is 9.06. The Morgan fingerprint density at radius 1 is 1.20 bits per heavy atom. The number of allylic oxidation sites excluding steroid dienone is 1. The number of hydrogen-bond acceptors (Lipinski definition) is 3. The largest absolute Gasteiger partial charge is 0.461 e. The molecular formula is C11H21BO3. The molecular weight excluding hydrogens is 191 g/mol. The molecule has 1 atom stereocenters. The summed E-state index contributed by atoms with van der Waals surface area (Å²) in [4.78, 5) is 0. The molecule has 0 aromatic carbocycles. The molecule has 0 aromatic heterocycles. The number of aliphatic hydroxyl groups excluding tert-OH is 1. The highest BCUT2D eigenvalue weighted by Gasteiger charge is 2.50. The monoisotopic (exact) mass is 212 g/mol. The van der Waals surface area contributed by atoms with Crippen LogP contribution < -0.4 is 0 Å². The van der Waals surface area contributed by atoms with Crippen LogP contribution >= 0.6 is 0 Å². The van der Waals surface area contributed by atoms with Crippen LogP contribution in [0.5, 0.6) is 0 Å². The molecule has 0 bridgehead atoms. The summed E-state index contributed by atoms with van der Waals surface area (Å²) < 4.78 is 11.6. The molecule has 86 valence electrons. The lowest BCUT2D eigenvalue weighted by molar-refractivity contribution is 0.00578.